The van der Waals surface area contributed by atoms with Gasteiger partial charge in [-0.1, -0.05) is 0 Å². The maximum Gasteiger partial charge on any atom is 0.227 e. The van der Waals surface area contributed by atoms with Gasteiger partial charge in [0.2, 0.25) is 5.91 Å². The summed E-state index contributed by atoms with van der Waals surface area (Å²) in [4.78, 5) is 16.8. The Bertz CT molecular complexity index is 458. The molecule has 0 spiro atoms. The van der Waals surface area contributed by atoms with Gasteiger partial charge in [0.25, 0.3) is 0 Å². The third-order valence-electron chi connectivity index (χ3n) is 4.29. The highest BCUT2D eigenvalue weighted by atomic mass is 16.2. The van der Waals surface area contributed by atoms with E-state index in [9.17, 15) is 4.79 Å². The van der Waals surface area contributed by atoms with Crippen molar-refractivity contribution in [3.05, 3.63) is 12.4 Å². The summed E-state index contributed by atoms with van der Waals surface area (Å²) in [5, 5.41) is 7.53. The molecule has 2 aliphatic heterocycles. The molecule has 1 N–H and O–H groups in total. The number of amides is 1. The van der Waals surface area contributed by atoms with E-state index in [1.807, 2.05) is 29.0 Å². The van der Waals surface area contributed by atoms with E-state index in [-0.39, 0.29) is 5.92 Å². The molecule has 1 amide bonds. The van der Waals surface area contributed by atoms with Crippen LogP contribution < -0.4 is 10.2 Å². The predicted molar refractivity (Wildman–Crippen MR) is 77.6 cm³/mol. The molecule has 0 aliphatic carbocycles. The molecule has 2 saturated heterocycles. The van der Waals surface area contributed by atoms with Crippen LogP contribution in [0.15, 0.2) is 12.4 Å². The minimum absolute atomic E-state index is 0.189. The Hall–Kier alpha value is -1.56. The monoisotopic (exact) mass is 277 g/mol. The molecule has 6 heteroatoms. The molecule has 1 atom stereocenters. The second kappa shape index (κ2) is 5.83. The van der Waals surface area contributed by atoms with Crippen LogP contribution in [0.1, 0.15) is 12.8 Å². The Morgan fingerprint density at radius 3 is 2.75 bits per heavy atom. The summed E-state index contributed by atoms with van der Waals surface area (Å²) >= 11 is 0. The number of rotatable bonds is 2. The number of aromatic nitrogens is 2. The molecular weight excluding hydrogens is 254 g/mol. The molecule has 0 radical (unpaired) electrons. The number of piperazine rings is 1. The Balaban J connectivity index is 1.54. The minimum atomic E-state index is 0.189. The predicted octanol–water partition coefficient (Wildman–Crippen LogP) is 0.0683. The van der Waals surface area contributed by atoms with Crippen molar-refractivity contribution in [2.45, 2.75) is 12.8 Å². The van der Waals surface area contributed by atoms with Crippen LogP contribution in [-0.4, -0.2) is 59.9 Å². The fraction of sp³-hybridized carbons (Fsp3) is 0.714. The van der Waals surface area contributed by atoms with Gasteiger partial charge < -0.3 is 15.1 Å². The number of nitrogens with one attached hydrogen (secondary N) is 1. The lowest BCUT2D eigenvalue weighted by Gasteiger charge is -2.37. The van der Waals surface area contributed by atoms with Gasteiger partial charge in [-0.15, -0.1) is 0 Å². The zero-order valence-electron chi connectivity index (χ0n) is 12.1. The first-order valence-corrected chi connectivity index (χ1v) is 7.47. The molecule has 1 aromatic rings. The fourth-order valence-electron chi connectivity index (χ4n) is 3.08. The number of carbonyl (C=O) groups is 1. The first-order chi connectivity index (χ1) is 9.74. The van der Waals surface area contributed by atoms with Crippen LogP contribution in [0.5, 0.6) is 0 Å². The molecule has 6 nitrogen and oxygen atoms in total. The summed E-state index contributed by atoms with van der Waals surface area (Å²) < 4.78 is 1.82. The summed E-state index contributed by atoms with van der Waals surface area (Å²) in [6.07, 6.45) is 6.08. The van der Waals surface area contributed by atoms with E-state index in [0.717, 1.165) is 57.8 Å². The van der Waals surface area contributed by atoms with E-state index in [0.29, 0.717) is 5.91 Å². The number of nitrogens with zero attached hydrogens (tertiary/aromatic N) is 4. The fourth-order valence-corrected chi connectivity index (χ4v) is 3.08. The number of anilines is 1. The first kappa shape index (κ1) is 13.4. The quantitative estimate of drug-likeness (QED) is 0.831. The highest BCUT2D eigenvalue weighted by Gasteiger charge is 2.28. The van der Waals surface area contributed by atoms with E-state index in [1.165, 1.54) is 0 Å². The van der Waals surface area contributed by atoms with Crippen molar-refractivity contribution < 1.29 is 4.79 Å². The normalized spacial score (nSPS) is 23.9. The summed E-state index contributed by atoms with van der Waals surface area (Å²) in [5.74, 6) is 0.525. The molecule has 3 heterocycles. The summed E-state index contributed by atoms with van der Waals surface area (Å²) in [7, 11) is 1.93. The van der Waals surface area contributed by atoms with Gasteiger partial charge in [-0.3, -0.25) is 9.48 Å². The van der Waals surface area contributed by atoms with Gasteiger partial charge in [0.05, 0.1) is 17.8 Å². The summed E-state index contributed by atoms with van der Waals surface area (Å²) in [5.41, 5.74) is 1.15. The average Bonchev–Trinajstić information content (AvgIpc) is 2.94. The van der Waals surface area contributed by atoms with E-state index in [2.05, 4.69) is 15.3 Å². The van der Waals surface area contributed by atoms with Crippen molar-refractivity contribution in [2.75, 3.05) is 44.2 Å². The lowest BCUT2D eigenvalue weighted by molar-refractivity contribution is -0.136. The molecule has 110 valence electrons. The van der Waals surface area contributed by atoms with Crippen LogP contribution in [-0.2, 0) is 11.8 Å². The molecule has 3 rings (SSSR count). The van der Waals surface area contributed by atoms with Crippen molar-refractivity contribution in [2.24, 2.45) is 13.0 Å². The lowest BCUT2D eigenvalue weighted by atomic mass is 9.98. The summed E-state index contributed by atoms with van der Waals surface area (Å²) in [6.45, 7) is 5.35. The van der Waals surface area contributed by atoms with Gasteiger partial charge in [-0.2, -0.15) is 5.10 Å². The van der Waals surface area contributed by atoms with Crippen LogP contribution in [0.25, 0.3) is 0 Å². The molecule has 1 aromatic heterocycles. The smallest absolute Gasteiger partial charge is 0.227 e. The number of aryl methyl sites for hydroxylation is 1. The Kier molecular flexibility index (Phi) is 3.91. The van der Waals surface area contributed by atoms with E-state index in [4.69, 9.17) is 0 Å². The Morgan fingerprint density at radius 1 is 1.35 bits per heavy atom. The molecule has 2 aliphatic rings. The molecule has 20 heavy (non-hydrogen) atoms. The van der Waals surface area contributed by atoms with Crippen LogP contribution in [0.4, 0.5) is 5.69 Å². The Morgan fingerprint density at radius 2 is 2.15 bits per heavy atom. The van der Waals surface area contributed by atoms with Crippen LogP contribution in [0, 0.1) is 5.92 Å². The maximum atomic E-state index is 12.5. The Labute approximate surface area is 119 Å². The SMILES string of the molecule is Cn1cc(N2CCN(C(=O)C3CCCNC3)CC2)cn1. The third-order valence-corrected chi connectivity index (χ3v) is 4.29. The van der Waals surface area contributed by atoms with Gasteiger partial charge in [0.1, 0.15) is 0 Å². The standard InChI is InChI=1S/C14H23N5O/c1-17-11-13(10-16-17)18-5-7-19(8-6-18)14(20)12-3-2-4-15-9-12/h10-12,15H,2-9H2,1H3. The molecule has 0 aromatic carbocycles. The van der Waals surface area contributed by atoms with E-state index < -0.39 is 0 Å². The zero-order chi connectivity index (χ0) is 13.9. The van der Waals surface area contributed by atoms with Crippen molar-refractivity contribution >= 4 is 11.6 Å². The van der Waals surface area contributed by atoms with Gasteiger partial charge in [0.15, 0.2) is 0 Å². The number of piperidine rings is 1. The first-order valence-electron chi connectivity index (χ1n) is 7.47. The minimum Gasteiger partial charge on any atom is -0.365 e. The van der Waals surface area contributed by atoms with Crippen LogP contribution in [0.2, 0.25) is 0 Å². The molecular formula is C14H23N5O. The number of hydrogen-bond donors (Lipinski definition) is 1. The van der Waals surface area contributed by atoms with Crippen molar-refractivity contribution in [3.63, 3.8) is 0 Å². The van der Waals surface area contributed by atoms with E-state index in [1.54, 1.807) is 0 Å². The number of carbonyl (C=O) groups excluding carboxylic acids is 1. The van der Waals surface area contributed by atoms with Crippen molar-refractivity contribution in [3.8, 4) is 0 Å². The molecule has 2 fully saturated rings. The number of hydrogen-bond acceptors (Lipinski definition) is 4. The summed E-state index contributed by atoms with van der Waals surface area (Å²) in [6, 6.07) is 0. The second-order valence-electron chi connectivity index (χ2n) is 5.73. The molecule has 0 bridgehead atoms. The van der Waals surface area contributed by atoms with Gasteiger partial charge in [-0.25, -0.2) is 0 Å². The maximum absolute atomic E-state index is 12.5. The van der Waals surface area contributed by atoms with Crippen molar-refractivity contribution in [1.29, 1.82) is 0 Å². The largest absolute Gasteiger partial charge is 0.365 e. The molecule has 0 saturated carbocycles. The topological polar surface area (TPSA) is 53.4 Å². The average molecular weight is 277 g/mol. The van der Waals surface area contributed by atoms with Gasteiger partial charge >= 0.3 is 0 Å². The molecule has 1 unspecified atom stereocenters. The van der Waals surface area contributed by atoms with Crippen molar-refractivity contribution in [1.82, 2.24) is 20.0 Å². The highest BCUT2D eigenvalue weighted by Crippen LogP contribution is 2.18. The van der Waals surface area contributed by atoms with E-state index >= 15 is 0 Å². The van der Waals surface area contributed by atoms with Gasteiger partial charge in [-0.05, 0) is 19.4 Å². The lowest BCUT2D eigenvalue weighted by Crippen LogP contribution is -2.52. The van der Waals surface area contributed by atoms with Crippen LogP contribution in [0.3, 0.4) is 0 Å². The highest BCUT2D eigenvalue weighted by molar-refractivity contribution is 5.79. The second-order valence-corrected chi connectivity index (χ2v) is 5.73. The van der Waals surface area contributed by atoms with Gasteiger partial charge in [0, 0.05) is 46.0 Å². The zero-order valence-corrected chi connectivity index (χ0v) is 12.1. The third kappa shape index (κ3) is 2.80. The van der Waals surface area contributed by atoms with Crippen LogP contribution >= 0.6 is 0 Å².